The van der Waals surface area contributed by atoms with Gasteiger partial charge in [0, 0.05) is 18.9 Å². The topological polar surface area (TPSA) is 90.9 Å². The molecule has 2 aromatic rings. The summed E-state index contributed by atoms with van der Waals surface area (Å²) in [7, 11) is 0. The van der Waals surface area contributed by atoms with Gasteiger partial charge in [0.05, 0.1) is 9.77 Å². The zero-order valence-corrected chi connectivity index (χ0v) is 12.0. The van der Waals surface area contributed by atoms with Gasteiger partial charge < -0.3 is 10.2 Å². The van der Waals surface area contributed by atoms with Crippen LogP contribution in [-0.4, -0.2) is 26.4 Å². The smallest absolute Gasteiger partial charge is 0.159 e. The van der Waals surface area contributed by atoms with Crippen LogP contribution in [0.15, 0.2) is 18.5 Å². The molecule has 0 aromatic carbocycles. The van der Waals surface area contributed by atoms with Gasteiger partial charge in [-0.2, -0.15) is 5.10 Å². The molecule has 2 heterocycles. The lowest BCUT2D eigenvalue weighted by Gasteiger charge is -2.07. The number of hydrazine groups is 1. The van der Waals surface area contributed by atoms with E-state index < -0.39 is 0 Å². The summed E-state index contributed by atoms with van der Waals surface area (Å²) in [5.74, 6) is 7.13. The second-order valence-corrected chi connectivity index (χ2v) is 4.66. The standard InChI is InChI=1S/C10H13IN6O/c1-2-18-6-9-14-8(16-12)3-10(15-9)17-5-7(11)4-13-17/h3-5H,2,6,12H2,1H3,(H,14,15,16). The molecule has 0 aliphatic rings. The number of anilines is 1. The fourth-order valence-electron chi connectivity index (χ4n) is 1.36. The second kappa shape index (κ2) is 6.07. The minimum absolute atomic E-state index is 0.345. The van der Waals surface area contributed by atoms with E-state index in [1.54, 1.807) is 16.9 Å². The maximum Gasteiger partial charge on any atom is 0.159 e. The van der Waals surface area contributed by atoms with Crippen molar-refractivity contribution in [1.82, 2.24) is 19.7 Å². The molecule has 0 saturated carbocycles. The first-order valence-corrected chi connectivity index (χ1v) is 6.43. The van der Waals surface area contributed by atoms with Crippen LogP contribution in [0.1, 0.15) is 12.7 Å². The summed E-state index contributed by atoms with van der Waals surface area (Å²) < 4.78 is 7.98. The number of aromatic nitrogens is 4. The van der Waals surface area contributed by atoms with E-state index in [0.717, 1.165) is 3.57 Å². The Balaban J connectivity index is 2.34. The Morgan fingerprint density at radius 2 is 2.33 bits per heavy atom. The zero-order chi connectivity index (χ0) is 13.0. The maximum absolute atomic E-state index is 5.39. The van der Waals surface area contributed by atoms with E-state index >= 15 is 0 Å². The second-order valence-electron chi connectivity index (χ2n) is 3.41. The van der Waals surface area contributed by atoms with Crippen molar-refractivity contribution in [2.24, 2.45) is 5.84 Å². The predicted octanol–water partition coefficient (Wildman–Crippen LogP) is 1.09. The molecule has 0 aliphatic heterocycles. The van der Waals surface area contributed by atoms with Gasteiger partial charge in [-0.1, -0.05) is 0 Å². The minimum Gasteiger partial charge on any atom is -0.374 e. The summed E-state index contributed by atoms with van der Waals surface area (Å²) in [6, 6.07) is 1.72. The van der Waals surface area contributed by atoms with E-state index in [-0.39, 0.29) is 0 Å². The Hall–Kier alpha value is -1.26. The molecule has 0 unspecified atom stereocenters. The van der Waals surface area contributed by atoms with Gasteiger partial charge >= 0.3 is 0 Å². The van der Waals surface area contributed by atoms with Crippen molar-refractivity contribution in [2.75, 3.05) is 12.0 Å². The number of nitrogen functional groups attached to an aromatic ring is 1. The van der Waals surface area contributed by atoms with Crippen LogP contribution < -0.4 is 11.3 Å². The molecule has 3 N–H and O–H groups in total. The lowest BCUT2D eigenvalue weighted by Crippen LogP contribution is -2.13. The average Bonchev–Trinajstić information content (AvgIpc) is 2.82. The van der Waals surface area contributed by atoms with E-state index in [1.807, 2.05) is 13.1 Å². The van der Waals surface area contributed by atoms with Crippen molar-refractivity contribution >= 4 is 28.4 Å². The number of hydrogen-bond donors (Lipinski definition) is 2. The highest BCUT2D eigenvalue weighted by atomic mass is 127. The summed E-state index contributed by atoms with van der Waals surface area (Å²) in [5, 5.41) is 4.19. The van der Waals surface area contributed by atoms with Crippen molar-refractivity contribution in [2.45, 2.75) is 13.5 Å². The molecule has 0 amide bonds. The number of hydrogen-bond acceptors (Lipinski definition) is 6. The van der Waals surface area contributed by atoms with Gasteiger partial charge in [0.25, 0.3) is 0 Å². The predicted molar refractivity (Wildman–Crippen MR) is 75.0 cm³/mol. The molecular formula is C10H13IN6O. The van der Waals surface area contributed by atoms with E-state index in [1.165, 1.54) is 0 Å². The molecule has 0 saturated heterocycles. The highest BCUT2D eigenvalue weighted by molar-refractivity contribution is 14.1. The summed E-state index contributed by atoms with van der Waals surface area (Å²) in [4.78, 5) is 8.57. The monoisotopic (exact) mass is 360 g/mol. The SMILES string of the molecule is CCOCc1nc(NN)cc(-n2cc(I)cn2)n1. The lowest BCUT2D eigenvalue weighted by atomic mass is 10.5. The van der Waals surface area contributed by atoms with Crippen LogP contribution in [0, 0.1) is 3.57 Å². The number of nitrogens with zero attached hydrogens (tertiary/aromatic N) is 4. The highest BCUT2D eigenvalue weighted by Crippen LogP contribution is 2.12. The van der Waals surface area contributed by atoms with Crippen LogP contribution in [0.4, 0.5) is 5.82 Å². The van der Waals surface area contributed by atoms with E-state index in [2.05, 4.69) is 43.1 Å². The molecule has 0 atom stereocenters. The van der Waals surface area contributed by atoms with Gasteiger partial charge in [-0.15, -0.1) is 0 Å². The third-order valence-corrected chi connectivity index (χ3v) is 2.68. The van der Waals surface area contributed by atoms with Gasteiger partial charge in [0.2, 0.25) is 0 Å². The highest BCUT2D eigenvalue weighted by Gasteiger charge is 2.07. The fraction of sp³-hybridized carbons (Fsp3) is 0.300. The Morgan fingerprint density at radius 3 is 2.94 bits per heavy atom. The Morgan fingerprint density at radius 1 is 1.50 bits per heavy atom. The van der Waals surface area contributed by atoms with E-state index in [0.29, 0.717) is 30.7 Å². The number of rotatable bonds is 5. The molecule has 0 radical (unpaired) electrons. The molecular weight excluding hydrogens is 347 g/mol. The molecule has 96 valence electrons. The van der Waals surface area contributed by atoms with Crippen LogP contribution in [0.5, 0.6) is 0 Å². The molecule has 8 heteroatoms. The molecule has 0 aliphatic carbocycles. The summed E-state index contributed by atoms with van der Waals surface area (Å²) in [6.45, 7) is 2.87. The molecule has 0 bridgehead atoms. The number of nitrogens with one attached hydrogen (secondary N) is 1. The zero-order valence-electron chi connectivity index (χ0n) is 9.80. The van der Waals surface area contributed by atoms with Crippen LogP contribution in [0.3, 0.4) is 0 Å². The minimum atomic E-state index is 0.345. The molecule has 0 fully saturated rings. The first kappa shape index (κ1) is 13.2. The first-order chi connectivity index (χ1) is 8.72. The third kappa shape index (κ3) is 3.15. The van der Waals surface area contributed by atoms with Crippen LogP contribution in [0.2, 0.25) is 0 Å². The van der Waals surface area contributed by atoms with E-state index in [4.69, 9.17) is 10.6 Å². The molecule has 7 nitrogen and oxygen atoms in total. The van der Waals surface area contributed by atoms with Crippen LogP contribution in [-0.2, 0) is 11.3 Å². The van der Waals surface area contributed by atoms with Gasteiger partial charge in [-0.05, 0) is 29.5 Å². The van der Waals surface area contributed by atoms with Crippen molar-refractivity contribution in [3.8, 4) is 5.82 Å². The fourth-order valence-corrected chi connectivity index (χ4v) is 1.75. The lowest BCUT2D eigenvalue weighted by molar-refractivity contribution is 0.128. The summed E-state index contributed by atoms with van der Waals surface area (Å²) in [5.41, 5.74) is 2.51. The Kier molecular flexibility index (Phi) is 4.44. The number of ether oxygens (including phenoxy) is 1. The van der Waals surface area contributed by atoms with Gasteiger partial charge in [0.1, 0.15) is 12.4 Å². The Labute approximate surface area is 118 Å². The van der Waals surface area contributed by atoms with Gasteiger partial charge in [-0.3, -0.25) is 0 Å². The van der Waals surface area contributed by atoms with Crippen molar-refractivity contribution in [1.29, 1.82) is 0 Å². The summed E-state index contributed by atoms with van der Waals surface area (Å²) in [6.07, 6.45) is 3.62. The van der Waals surface area contributed by atoms with Crippen molar-refractivity contribution in [3.05, 3.63) is 27.9 Å². The van der Waals surface area contributed by atoms with Crippen LogP contribution >= 0.6 is 22.6 Å². The quantitative estimate of drug-likeness (QED) is 0.471. The number of halogens is 1. The van der Waals surface area contributed by atoms with Crippen molar-refractivity contribution < 1.29 is 4.74 Å². The summed E-state index contributed by atoms with van der Waals surface area (Å²) >= 11 is 2.18. The molecule has 0 spiro atoms. The van der Waals surface area contributed by atoms with Crippen molar-refractivity contribution in [3.63, 3.8) is 0 Å². The molecule has 2 aromatic heterocycles. The van der Waals surface area contributed by atoms with E-state index in [9.17, 15) is 0 Å². The maximum atomic E-state index is 5.39. The average molecular weight is 360 g/mol. The molecule has 18 heavy (non-hydrogen) atoms. The third-order valence-electron chi connectivity index (χ3n) is 2.13. The number of nitrogens with two attached hydrogens (primary N) is 1. The Bertz CT molecular complexity index is 529. The van der Waals surface area contributed by atoms with Gasteiger partial charge in [0.15, 0.2) is 11.6 Å². The normalized spacial score (nSPS) is 10.6. The largest absolute Gasteiger partial charge is 0.374 e. The van der Waals surface area contributed by atoms with Crippen LogP contribution in [0.25, 0.3) is 5.82 Å². The van der Waals surface area contributed by atoms with Gasteiger partial charge in [-0.25, -0.2) is 20.5 Å². The molecule has 2 rings (SSSR count). The first-order valence-electron chi connectivity index (χ1n) is 5.35.